The number of hydrogen-bond donors (Lipinski definition) is 1. The molecule has 4 nitrogen and oxygen atoms in total. The molecule has 3 rings (SSSR count). The Morgan fingerprint density at radius 2 is 2.17 bits per heavy atom. The predicted molar refractivity (Wildman–Crippen MR) is 96.7 cm³/mol. The summed E-state index contributed by atoms with van der Waals surface area (Å²) in [5, 5.41) is 5.39. The van der Waals surface area contributed by atoms with Crippen LogP contribution in [0.25, 0.3) is 10.4 Å². The summed E-state index contributed by atoms with van der Waals surface area (Å²) in [5.74, 6) is 0.248. The van der Waals surface area contributed by atoms with E-state index in [4.69, 9.17) is 16.3 Å². The summed E-state index contributed by atoms with van der Waals surface area (Å²) in [6.07, 6.45) is 3.56. The first-order valence-electron chi connectivity index (χ1n) is 7.27. The molecule has 0 spiro atoms. The van der Waals surface area contributed by atoms with Crippen LogP contribution in [0.2, 0.25) is 5.02 Å². The first-order chi connectivity index (χ1) is 11.7. The zero-order valence-corrected chi connectivity index (χ0v) is 14.5. The Morgan fingerprint density at radius 3 is 2.92 bits per heavy atom. The van der Waals surface area contributed by atoms with Crippen molar-refractivity contribution in [3.8, 4) is 16.2 Å². The van der Waals surface area contributed by atoms with Gasteiger partial charge in [-0.1, -0.05) is 17.7 Å². The molecule has 1 N–H and O–H groups in total. The fourth-order valence-corrected chi connectivity index (χ4v) is 3.18. The first-order valence-corrected chi connectivity index (χ1v) is 8.52. The minimum Gasteiger partial charge on any atom is -0.496 e. The number of methoxy groups -OCH3 is 1. The van der Waals surface area contributed by atoms with Gasteiger partial charge in [-0.3, -0.25) is 9.78 Å². The van der Waals surface area contributed by atoms with Crippen LogP contribution < -0.4 is 10.1 Å². The van der Waals surface area contributed by atoms with Crippen LogP contribution in [0, 0.1) is 0 Å². The van der Waals surface area contributed by atoms with Crippen LogP contribution >= 0.6 is 22.9 Å². The molecule has 0 atom stereocenters. The molecule has 1 aromatic carbocycles. The molecule has 122 valence electrons. The van der Waals surface area contributed by atoms with Gasteiger partial charge in [0.1, 0.15) is 5.75 Å². The van der Waals surface area contributed by atoms with Crippen molar-refractivity contribution in [2.24, 2.45) is 0 Å². The Kier molecular flexibility index (Phi) is 5.13. The number of ether oxygens (including phenoxy) is 1. The summed E-state index contributed by atoms with van der Waals surface area (Å²) < 4.78 is 5.21. The molecular formula is C18H15ClN2O2S. The smallest absolute Gasteiger partial charge is 0.255 e. The van der Waals surface area contributed by atoms with Crippen LogP contribution in [0.5, 0.6) is 5.75 Å². The molecule has 0 aliphatic heterocycles. The lowest BCUT2D eigenvalue weighted by atomic mass is 10.1. The van der Waals surface area contributed by atoms with Crippen LogP contribution in [-0.2, 0) is 6.54 Å². The van der Waals surface area contributed by atoms with Gasteiger partial charge in [-0.25, -0.2) is 0 Å². The molecule has 0 bridgehead atoms. The maximum Gasteiger partial charge on any atom is 0.255 e. The van der Waals surface area contributed by atoms with E-state index in [1.165, 1.54) is 7.11 Å². The van der Waals surface area contributed by atoms with E-state index in [9.17, 15) is 4.79 Å². The molecule has 0 saturated heterocycles. The third kappa shape index (κ3) is 3.75. The lowest BCUT2D eigenvalue weighted by Crippen LogP contribution is -2.23. The fraction of sp³-hybridized carbons (Fsp3) is 0.111. The number of benzene rings is 1. The van der Waals surface area contributed by atoms with Crippen molar-refractivity contribution in [1.82, 2.24) is 10.3 Å². The van der Waals surface area contributed by atoms with Crippen molar-refractivity contribution in [3.63, 3.8) is 0 Å². The largest absolute Gasteiger partial charge is 0.496 e. The van der Waals surface area contributed by atoms with Crippen LogP contribution in [0.15, 0.2) is 54.2 Å². The van der Waals surface area contributed by atoms with Crippen LogP contribution in [0.1, 0.15) is 15.9 Å². The summed E-state index contributed by atoms with van der Waals surface area (Å²) in [5.41, 5.74) is 2.37. The lowest BCUT2D eigenvalue weighted by molar-refractivity contribution is 0.0948. The molecule has 0 unspecified atom stereocenters. The number of halogens is 1. The zero-order chi connectivity index (χ0) is 16.9. The van der Waals surface area contributed by atoms with Crippen molar-refractivity contribution < 1.29 is 9.53 Å². The van der Waals surface area contributed by atoms with E-state index in [2.05, 4.69) is 10.3 Å². The highest BCUT2D eigenvalue weighted by Crippen LogP contribution is 2.25. The molecule has 3 aromatic rings. The van der Waals surface area contributed by atoms with Crippen molar-refractivity contribution >= 4 is 28.8 Å². The summed E-state index contributed by atoms with van der Waals surface area (Å²) in [7, 11) is 1.52. The topological polar surface area (TPSA) is 51.2 Å². The second-order valence-electron chi connectivity index (χ2n) is 5.09. The Bertz CT molecular complexity index is 850. The van der Waals surface area contributed by atoms with Gasteiger partial charge in [-0.05, 0) is 41.3 Å². The Morgan fingerprint density at radius 1 is 1.29 bits per heavy atom. The number of thiophene rings is 1. The number of carbonyl (C=O) groups is 1. The second kappa shape index (κ2) is 7.47. The van der Waals surface area contributed by atoms with Crippen molar-refractivity contribution in [2.75, 3.05) is 7.11 Å². The number of pyridine rings is 1. The van der Waals surface area contributed by atoms with Gasteiger partial charge in [0.2, 0.25) is 0 Å². The summed E-state index contributed by atoms with van der Waals surface area (Å²) >= 11 is 7.62. The van der Waals surface area contributed by atoms with Crippen LogP contribution in [-0.4, -0.2) is 18.0 Å². The molecule has 0 aliphatic rings. The van der Waals surface area contributed by atoms with Crippen LogP contribution in [0.3, 0.4) is 0 Å². The van der Waals surface area contributed by atoms with Crippen LogP contribution in [0.4, 0.5) is 0 Å². The molecule has 1 amide bonds. The summed E-state index contributed by atoms with van der Waals surface area (Å²) in [6.45, 7) is 0.376. The molecule has 2 aromatic heterocycles. The van der Waals surface area contributed by atoms with Gasteiger partial charge < -0.3 is 10.1 Å². The van der Waals surface area contributed by atoms with E-state index < -0.39 is 0 Å². The quantitative estimate of drug-likeness (QED) is 0.735. The molecule has 0 radical (unpaired) electrons. The SMILES string of the molecule is COc1ccc(Cl)cc1C(=O)NCc1cncc(-c2cccs2)c1. The Hall–Kier alpha value is -2.37. The van der Waals surface area contributed by atoms with Crippen molar-refractivity contribution in [3.05, 3.63) is 70.3 Å². The van der Waals surface area contributed by atoms with Gasteiger partial charge in [-0.2, -0.15) is 0 Å². The van der Waals surface area contributed by atoms with Gasteiger partial charge in [0, 0.05) is 34.4 Å². The molecule has 0 saturated carbocycles. The Balaban J connectivity index is 1.73. The van der Waals surface area contributed by atoms with Crippen molar-refractivity contribution in [2.45, 2.75) is 6.54 Å². The van der Waals surface area contributed by atoms with E-state index in [0.717, 1.165) is 16.0 Å². The van der Waals surface area contributed by atoms with E-state index in [1.54, 1.807) is 35.7 Å². The number of carbonyl (C=O) groups excluding carboxylic acids is 1. The predicted octanol–water partition coefficient (Wildman–Crippen LogP) is 4.40. The third-order valence-electron chi connectivity index (χ3n) is 3.46. The summed E-state index contributed by atoms with van der Waals surface area (Å²) in [4.78, 5) is 17.8. The molecule has 6 heteroatoms. The van der Waals surface area contributed by atoms with E-state index in [0.29, 0.717) is 22.9 Å². The highest BCUT2D eigenvalue weighted by atomic mass is 35.5. The van der Waals surface area contributed by atoms with Gasteiger partial charge in [0.05, 0.1) is 12.7 Å². The number of amides is 1. The average molecular weight is 359 g/mol. The molecule has 2 heterocycles. The van der Waals surface area contributed by atoms with Crippen molar-refractivity contribution in [1.29, 1.82) is 0 Å². The van der Waals surface area contributed by atoms with E-state index >= 15 is 0 Å². The van der Waals surface area contributed by atoms with Gasteiger partial charge in [0.25, 0.3) is 5.91 Å². The number of aromatic nitrogens is 1. The molecule has 24 heavy (non-hydrogen) atoms. The number of rotatable bonds is 5. The number of hydrogen-bond acceptors (Lipinski definition) is 4. The highest BCUT2D eigenvalue weighted by molar-refractivity contribution is 7.13. The summed E-state index contributed by atoms with van der Waals surface area (Å²) in [6, 6.07) is 11.0. The normalized spacial score (nSPS) is 10.4. The second-order valence-corrected chi connectivity index (χ2v) is 6.47. The molecular weight excluding hydrogens is 344 g/mol. The Labute approximate surface area is 149 Å². The zero-order valence-electron chi connectivity index (χ0n) is 13.0. The molecule has 0 aliphatic carbocycles. The molecule has 0 fully saturated rings. The highest BCUT2D eigenvalue weighted by Gasteiger charge is 2.13. The maximum atomic E-state index is 12.4. The standard InChI is InChI=1S/C18H15ClN2O2S/c1-23-16-5-4-14(19)8-15(16)18(22)21-10-12-7-13(11-20-9-12)17-3-2-6-24-17/h2-9,11H,10H2,1H3,(H,21,22). The number of nitrogens with zero attached hydrogens (tertiary/aromatic N) is 1. The minimum absolute atomic E-state index is 0.240. The van der Waals surface area contributed by atoms with E-state index in [-0.39, 0.29) is 5.91 Å². The average Bonchev–Trinajstić information content (AvgIpc) is 3.14. The van der Waals surface area contributed by atoms with Gasteiger partial charge in [-0.15, -0.1) is 11.3 Å². The van der Waals surface area contributed by atoms with E-state index in [1.807, 2.05) is 29.8 Å². The lowest BCUT2D eigenvalue weighted by Gasteiger charge is -2.10. The minimum atomic E-state index is -0.240. The first kappa shape index (κ1) is 16.5. The third-order valence-corrected chi connectivity index (χ3v) is 4.61. The fourth-order valence-electron chi connectivity index (χ4n) is 2.30. The maximum absolute atomic E-state index is 12.4. The van der Waals surface area contributed by atoms with Gasteiger partial charge in [0.15, 0.2) is 0 Å². The number of nitrogens with one attached hydrogen (secondary N) is 1. The van der Waals surface area contributed by atoms with Gasteiger partial charge >= 0.3 is 0 Å². The monoisotopic (exact) mass is 358 g/mol.